The fourth-order valence-corrected chi connectivity index (χ4v) is 4.68. The van der Waals surface area contributed by atoms with E-state index in [0.717, 1.165) is 5.56 Å². The zero-order valence-electron chi connectivity index (χ0n) is 13.0. The van der Waals surface area contributed by atoms with Crippen molar-refractivity contribution < 1.29 is 23.1 Å². The number of hydrogen-bond acceptors (Lipinski definition) is 4. The maximum Gasteiger partial charge on any atom is 0.306 e. The molecule has 7 heteroatoms. The Morgan fingerprint density at radius 1 is 1.27 bits per heavy atom. The van der Waals surface area contributed by atoms with Crippen molar-refractivity contribution in [2.24, 2.45) is 5.92 Å². The average molecular weight is 327 g/mol. The first-order valence-electron chi connectivity index (χ1n) is 7.15. The normalized spacial score (nSPS) is 17.4. The second kappa shape index (κ2) is 6.26. The summed E-state index contributed by atoms with van der Waals surface area (Å²) in [5, 5.41) is 9.01. The third-order valence-electron chi connectivity index (χ3n) is 4.01. The second-order valence-electron chi connectivity index (χ2n) is 5.63. The molecule has 1 aromatic rings. The summed E-state index contributed by atoms with van der Waals surface area (Å²) >= 11 is 0. The summed E-state index contributed by atoms with van der Waals surface area (Å²) in [4.78, 5) is 11.2. The van der Waals surface area contributed by atoms with Crippen molar-refractivity contribution in [1.29, 1.82) is 0 Å². The Morgan fingerprint density at radius 3 is 2.36 bits per heavy atom. The largest absolute Gasteiger partial charge is 0.495 e. The maximum atomic E-state index is 12.9. The van der Waals surface area contributed by atoms with Gasteiger partial charge in [-0.25, -0.2) is 8.42 Å². The van der Waals surface area contributed by atoms with Gasteiger partial charge in [-0.1, -0.05) is 6.07 Å². The minimum atomic E-state index is -3.69. The van der Waals surface area contributed by atoms with Crippen molar-refractivity contribution in [3.8, 4) is 5.75 Å². The molecule has 0 atom stereocenters. The minimum Gasteiger partial charge on any atom is -0.495 e. The number of rotatable bonds is 4. The van der Waals surface area contributed by atoms with Gasteiger partial charge in [0.1, 0.15) is 10.6 Å². The van der Waals surface area contributed by atoms with Crippen LogP contribution in [0.1, 0.15) is 24.0 Å². The Balaban J connectivity index is 2.34. The molecule has 0 unspecified atom stereocenters. The van der Waals surface area contributed by atoms with Crippen LogP contribution in [0.15, 0.2) is 17.0 Å². The van der Waals surface area contributed by atoms with Crippen LogP contribution in [0, 0.1) is 19.8 Å². The summed E-state index contributed by atoms with van der Waals surface area (Å²) in [7, 11) is -2.24. The zero-order valence-corrected chi connectivity index (χ0v) is 13.8. The molecule has 122 valence electrons. The number of benzene rings is 1. The third kappa shape index (κ3) is 3.10. The number of ether oxygens (including phenoxy) is 1. The van der Waals surface area contributed by atoms with Gasteiger partial charge in [0.25, 0.3) is 0 Å². The van der Waals surface area contributed by atoms with Crippen molar-refractivity contribution >= 4 is 16.0 Å². The van der Waals surface area contributed by atoms with Gasteiger partial charge in [-0.3, -0.25) is 4.79 Å². The molecule has 22 heavy (non-hydrogen) atoms. The Morgan fingerprint density at radius 2 is 1.86 bits per heavy atom. The van der Waals surface area contributed by atoms with Crippen molar-refractivity contribution in [3.05, 3.63) is 23.3 Å². The van der Waals surface area contributed by atoms with Gasteiger partial charge in [-0.2, -0.15) is 4.31 Å². The smallest absolute Gasteiger partial charge is 0.306 e. The highest BCUT2D eigenvalue weighted by Crippen LogP contribution is 2.33. The van der Waals surface area contributed by atoms with Gasteiger partial charge in [-0.05, 0) is 43.9 Å². The van der Waals surface area contributed by atoms with Gasteiger partial charge < -0.3 is 9.84 Å². The van der Waals surface area contributed by atoms with Crippen LogP contribution in [0.3, 0.4) is 0 Å². The van der Waals surface area contributed by atoms with Crippen LogP contribution in [0.5, 0.6) is 5.75 Å². The molecule has 1 saturated heterocycles. The fraction of sp³-hybridized carbons (Fsp3) is 0.533. The van der Waals surface area contributed by atoms with E-state index in [4.69, 9.17) is 9.84 Å². The summed E-state index contributed by atoms with van der Waals surface area (Å²) in [6, 6.07) is 3.50. The molecule has 0 bridgehead atoms. The lowest BCUT2D eigenvalue weighted by Gasteiger charge is -2.30. The van der Waals surface area contributed by atoms with Gasteiger partial charge in [0.15, 0.2) is 0 Å². The van der Waals surface area contributed by atoms with E-state index in [9.17, 15) is 13.2 Å². The number of carbonyl (C=O) groups is 1. The Kier molecular flexibility index (Phi) is 4.77. The first-order valence-corrected chi connectivity index (χ1v) is 8.59. The van der Waals surface area contributed by atoms with E-state index in [2.05, 4.69) is 0 Å². The highest BCUT2D eigenvalue weighted by atomic mass is 32.2. The number of carboxylic acid groups (broad SMARTS) is 1. The molecule has 1 aromatic carbocycles. The molecule has 0 radical (unpaired) electrons. The van der Waals surface area contributed by atoms with Crippen molar-refractivity contribution in [2.75, 3.05) is 20.2 Å². The number of aryl methyl sites for hydroxylation is 2. The first-order chi connectivity index (χ1) is 10.3. The van der Waals surface area contributed by atoms with Gasteiger partial charge in [0.2, 0.25) is 10.0 Å². The monoisotopic (exact) mass is 327 g/mol. The molecule has 0 saturated carbocycles. The van der Waals surface area contributed by atoms with E-state index in [0.29, 0.717) is 24.2 Å². The van der Waals surface area contributed by atoms with Gasteiger partial charge in [-0.15, -0.1) is 0 Å². The minimum absolute atomic E-state index is 0.175. The van der Waals surface area contributed by atoms with Gasteiger partial charge in [0.05, 0.1) is 13.0 Å². The topological polar surface area (TPSA) is 83.9 Å². The number of carboxylic acids is 1. The van der Waals surface area contributed by atoms with Crippen LogP contribution in [0.2, 0.25) is 0 Å². The molecule has 2 rings (SSSR count). The highest BCUT2D eigenvalue weighted by molar-refractivity contribution is 7.89. The quantitative estimate of drug-likeness (QED) is 0.911. The SMILES string of the molecule is COc1cc(C)cc(C)c1S(=O)(=O)N1CCC(C(=O)O)CC1. The lowest BCUT2D eigenvalue weighted by molar-refractivity contribution is -0.142. The summed E-state index contributed by atoms with van der Waals surface area (Å²) in [6.07, 6.45) is 0.670. The molecular weight excluding hydrogens is 306 g/mol. The van der Waals surface area contributed by atoms with Gasteiger partial charge in [0, 0.05) is 13.1 Å². The number of hydrogen-bond donors (Lipinski definition) is 1. The standard InChI is InChI=1S/C15H21NO5S/c1-10-8-11(2)14(13(9-10)21-3)22(19,20)16-6-4-12(5-7-16)15(17)18/h8-9,12H,4-7H2,1-3H3,(H,17,18). The van der Waals surface area contributed by atoms with E-state index in [1.807, 2.05) is 6.92 Å². The predicted molar refractivity (Wildman–Crippen MR) is 81.6 cm³/mol. The van der Waals surface area contributed by atoms with Crippen LogP contribution in [-0.4, -0.2) is 44.0 Å². The fourth-order valence-electron chi connectivity index (χ4n) is 2.87. The molecule has 0 spiro atoms. The predicted octanol–water partition coefficient (Wildman–Crippen LogP) is 1.80. The lowest BCUT2D eigenvalue weighted by Crippen LogP contribution is -2.40. The third-order valence-corrected chi connectivity index (χ3v) is 6.09. The molecule has 6 nitrogen and oxygen atoms in total. The molecule has 1 fully saturated rings. The van der Waals surface area contributed by atoms with E-state index in [1.165, 1.54) is 11.4 Å². The first kappa shape index (κ1) is 16.8. The van der Waals surface area contributed by atoms with Gasteiger partial charge >= 0.3 is 5.97 Å². The Hall–Kier alpha value is -1.60. The van der Waals surface area contributed by atoms with E-state index in [-0.39, 0.29) is 18.0 Å². The number of sulfonamides is 1. The van der Waals surface area contributed by atoms with Crippen LogP contribution in [-0.2, 0) is 14.8 Å². The van der Waals surface area contributed by atoms with Crippen molar-refractivity contribution in [1.82, 2.24) is 4.31 Å². The van der Waals surface area contributed by atoms with E-state index >= 15 is 0 Å². The van der Waals surface area contributed by atoms with Crippen molar-refractivity contribution in [3.63, 3.8) is 0 Å². The number of methoxy groups -OCH3 is 1. The zero-order chi connectivity index (χ0) is 16.5. The Bertz CT molecular complexity index is 675. The Labute approximate surface area is 130 Å². The van der Waals surface area contributed by atoms with Crippen molar-refractivity contribution in [2.45, 2.75) is 31.6 Å². The van der Waals surface area contributed by atoms with Crippen LogP contribution in [0.4, 0.5) is 0 Å². The summed E-state index contributed by atoms with van der Waals surface area (Å²) in [6.45, 7) is 4.06. The summed E-state index contributed by atoms with van der Waals surface area (Å²) in [5.41, 5.74) is 1.56. The summed E-state index contributed by atoms with van der Waals surface area (Å²) in [5.74, 6) is -0.994. The van der Waals surface area contributed by atoms with Crippen LogP contribution < -0.4 is 4.74 Å². The molecule has 0 amide bonds. The molecule has 1 aliphatic heterocycles. The molecule has 1 N–H and O–H groups in total. The number of aliphatic carboxylic acids is 1. The van der Waals surface area contributed by atoms with Crippen LogP contribution >= 0.6 is 0 Å². The molecule has 1 heterocycles. The lowest BCUT2D eigenvalue weighted by atomic mass is 9.99. The molecule has 1 aliphatic rings. The second-order valence-corrected chi connectivity index (χ2v) is 7.50. The summed E-state index contributed by atoms with van der Waals surface area (Å²) < 4.78 is 32.3. The molecular formula is C15H21NO5S. The van der Waals surface area contributed by atoms with E-state index < -0.39 is 21.9 Å². The average Bonchev–Trinajstić information content (AvgIpc) is 2.45. The van der Waals surface area contributed by atoms with Crippen LogP contribution in [0.25, 0.3) is 0 Å². The van der Waals surface area contributed by atoms with E-state index in [1.54, 1.807) is 19.1 Å². The maximum absolute atomic E-state index is 12.9. The molecule has 0 aliphatic carbocycles. The number of nitrogens with zero attached hydrogens (tertiary/aromatic N) is 1. The molecule has 0 aromatic heterocycles. The highest BCUT2D eigenvalue weighted by Gasteiger charge is 2.34. The number of piperidine rings is 1.